The summed E-state index contributed by atoms with van der Waals surface area (Å²) in [7, 11) is -0.303. The molecule has 0 heterocycles. The Bertz CT molecular complexity index is 1950. The molecule has 7 rings (SSSR count). The van der Waals surface area contributed by atoms with E-state index in [-0.39, 0.29) is 16.5 Å². The first-order chi connectivity index (χ1) is 23.1. The Morgan fingerprint density at radius 1 is 0.447 bits per heavy atom. The van der Waals surface area contributed by atoms with Gasteiger partial charge in [0.15, 0.2) is 14.7 Å². The van der Waals surface area contributed by atoms with Gasteiger partial charge >= 0.3 is 5.97 Å². The zero-order chi connectivity index (χ0) is 32.4. The first-order valence-electron chi connectivity index (χ1n) is 15.3. The third-order valence-electron chi connectivity index (χ3n) is 7.65. The summed E-state index contributed by atoms with van der Waals surface area (Å²) in [6.07, 6.45) is 0. The van der Waals surface area contributed by atoms with Crippen molar-refractivity contribution in [1.82, 2.24) is 0 Å². The molecule has 0 aromatic heterocycles. The molecule has 0 atom stereocenters. The van der Waals surface area contributed by atoms with Crippen LogP contribution in [0, 0.1) is 0 Å². The quantitative estimate of drug-likeness (QED) is 0.179. The van der Waals surface area contributed by atoms with Crippen molar-refractivity contribution >= 4 is 16.9 Å². The number of carboxylic acids is 1. The highest BCUT2D eigenvalue weighted by molar-refractivity contribution is 7.97. The van der Waals surface area contributed by atoms with Gasteiger partial charge in [0.25, 0.3) is 0 Å². The van der Waals surface area contributed by atoms with Gasteiger partial charge in [-0.15, -0.1) is 0 Å². The molecule has 0 unspecified atom stereocenters. The van der Waals surface area contributed by atoms with Crippen molar-refractivity contribution in [1.29, 1.82) is 0 Å². The van der Waals surface area contributed by atoms with Gasteiger partial charge in [0.05, 0.1) is 5.56 Å². The molecule has 0 spiro atoms. The van der Waals surface area contributed by atoms with Gasteiger partial charge in [0.2, 0.25) is 0 Å². The summed E-state index contributed by atoms with van der Waals surface area (Å²) >= 11 is 0. The summed E-state index contributed by atoms with van der Waals surface area (Å²) < 4.78 is 0. The topological polar surface area (TPSA) is 60.4 Å². The number of aromatic carboxylic acids is 1. The summed E-state index contributed by atoms with van der Waals surface area (Å²) in [6.45, 7) is 0. The molecule has 0 saturated carbocycles. The maximum atomic E-state index is 10.7. The molecule has 1 N–H and O–H groups in total. The van der Waals surface area contributed by atoms with Crippen molar-refractivity contribution < 1.29 is 15.0 Å². The van der Waals surface area contributed by atoms with Crippen LogP contribution in [0.25, 0.3) is 33.4 Å². The number of hydrogen-bond donors (Lipinski definition) is 1. The predicted octanol–water partition coefficient (Wildman–Crippen LogP) is 10.2. The van der Waals surface area contributed by atoms with Crippen LogP contribution in [0.4, 0.5) is 0 Å². The smallest absolute Gasteiger partial charge is 0.335 e. The minimum Gasteiger partial charge on any atom is -0.872 e. The van der Waals surface area contributed by atoms with Crippen molar-refractivity contribution in [2.75, 3.05) is 0 Å². The molecule has 7 aromatic rings. The average molecular weight is 629 g/mol. The third kappa shape index (κ3) is 7.36. The lowest BCUT2D eigenvalue weighted by Gasteiger charge is -2.19. The van der Waals surface area contributed by atoms with Crippen LogP contribution in [-0.4, -0.2) is 11.1 Å². The molecule has 228 valence electrons. The highest BCUT2D eigenvalue weighted by atomic mass is 32.2. The monoisotopic (exact) mass is 628 g/mol. The van der Waals surface area contributed by atoms with Crippen molar-refractivity contribution in [3.63, 3.8) is 0 Å². The second-order valence-corrected chi connectivity index (χ2v) is 12.7. The van der Waals surface area contributed by atoms with E-state index in [2.05, 4.69) is 164 Å². The van der Waals surface area contributed by atoms with E-state index >= 15 is 0 Å². The Kier molecular flexibility index (Phi) is 9.92. The minimum absolute atomic E-state index is 0.178. The molecule has 0 aliphatic rings. The van der Waals surface area contributed by atoms with Gasteiger partial charge in [-0.25, -0.2) is 4.79 Å². The molecule has 0 fully saturated rings. The van der Waals surface area contributed by atoms with E-state index in [9.17, 15) is 9.90 Å². The zero-order valence-corrected chi connectivity index (χ0v) is 26.4. The summed E-state index contributed by atoms with van der Waals surface area (Å²) in [5.41, 5.74) is 7.29. The van der Waals surface area contributed by atoms with Crippen LogP contribution in [0.2, 0.25) is 0 Å². The fraction of sp³-hybridized carbons (Fsp3) is 0. The number of benzene rings is 7. The largest absolute Gasteiger partial charge is 0.872 e. The summed E-state index contributed by atoms with van der Waals surface area (Å²) in [5.74, 6) is -1.62. The second-order valence-electron chi connectivity index (χ2n) is 10.7. The summed E-state index contributed by atoms with van der Waals surface area (Å²) in [5, 5.41) is 19.0. The van der Waals surface area contributed by atoms with Crippen LogP contribution in [0.15, 0.2) is 203 Å². The number of carbonyl (C=O) groups is 1. The van der Waals surface area contributed by atoms with Gasteiger partial charge in [-0.2, -0.15) is 0 Å². The van der Waals surface area contributed by atoms with Crippen LogP contribution in [-0.2, 0) is 10.9 Å². The fourth-order valence-electron chi connectivity index (χ4n) is 5.44. The Balaban J connectivity index is 0.000000332. The SMILES string of the molecule is O=C(O)c1ccccc1[O-].c1ccc(-c2cc(-c3ccccc3)c([S+](c3ccccc3)c3ccccc3)c(-c3ccccc3)c2)cc1. The summed E-state index contributed by atoms with van der Waals surface area (Å²) in [4.78, 5) is 14.2. The molecule has 0 saturated heterocycles. The number of hydrogen-bond acceptors (Lipinski definition) is 2. The van der Waals surface area contributed by atoms with Gasteiger partial charge in [-0.3, -0.25) is 0 Å². The second kappa shape index (κ2) is 15.0. The highest BCUT2D eigenvalue weighted by Crippen LogP contribution is 2.45. The highest BCUT2D eigenvalue weighted by Gasteiger charge is 2.35. The van der Waals surface area contributed by atoms with E-state index in [0.29, 0.717) is 0 Å². The van der Waals surface area contributed by atoms with Gasteiger partial charge in [-0.05, 0) is 64.7 Å². The third-order valence-corrected chi connectivity index (χ3v) is 9.98. The molecule has 0 bridgehead atoms. The lowest BCUT2D eigenvalue weighted by Crippen LogP contribution is -2.09. The van der Waals surface area contributed by atoms with E-state index in [1.807, 2.05) is 0 Å². The van der Waals surface area contributed by atoms with Crippen molar-refractivity contribution in [2.45, 2.75) is 14.7 Å². The molecule has 0 radical (unpaired) electrons. The molecule has 0 aliphatic carbocycles. The normalized spacial score (nSPS) is 10.6. The standard InChI is InChI=1S/C36H27S.C7H6O3/c1-6-16-28(17-7-1)31-26-34(29-18-8-2-9-19-29)36(35(27-31)30-20-10-3-11-21-30)37(32-22-12-4-13-23-32)33-24-14-5-15-25-33;8-6-4-2-1-3-5(6)7(9)10/h1-27H;1-4,8H,(H,9,10)/q+1;/p-1. The summed E-state index contributed by atoms with van der Waals surface area (Å²) in [6, 6.07) is 64.6. The van der Waals surface area contributed by atoms with Gasteiger partial charge < -0.3 is 10.2 Å². The van der Waals surface area contributed by atoms with Crippen molar-refractivity contribution in [3.05, 3.63) is 194 Å². The van der Waals surface area contributed by atoms with Crippen LogP contribution >= 0.6 is 0 Å². The lowest BCUT2D eigenvalue weighted by molar-refractivity contribution is -0.268. The average Bonchev–Trinajstić information content (AvgIpc) is 3.14. The Hall–Kier alpha value is -5.84. The van der Waals surface area contributed by atoms with E-state index in [0.717, 1.165) is 0 Å². The molecular formula is C43H32O3S. The Morgan fingerprint density at radius 3 is 1.19 bits per heavy atom. The maximum absolute atomic E-state index is 10.7. The van der Waals surface area contributed by atoms with Crippen LogP contribution in [0.3, 0.4) is 0 Å². The lowest BCUT2D eigenvalue weighted by atomic mass is 9.93. The van der Waals surface area contributed by atoms with Gasteiger partial charge in [0.1, 0.15) is 10.9 Å². The maximum Gasteiger partial charge on any atom is 0.335 e. The van der Waals surface area contributed by atoms with E-state index < -0.39 is 11.7 Å². The molecule has 4 heteroatoms. The van der Waals surface area contributed by atoms with Crippen LogP contribution in [0.1, 0.15) is 10.4 Å². The fourth-order valence-corrected chi connectivity index (χ4v) is 7.83. The first kappa shape index (κ1) is 31.2. The van der Waals surface area contributed by atoms with E-state index in [1.165, 1.54) is 72.3 Å². The zero-order valence-electron chi connectivity index (χ0n) is 25.6. The molecule has 7 aromatic carbocycles. The predicted molar refractivity (Wildman–Crippen MR) is 191 cm³/mol. The van der Waals surface area contributed by atoms with Gasteiger partial charge in [-0.1, -0.05) is 151 Å². The first-order valence-corrected chi connectivity index (χ1v) is 16.5. The molecule has 0 aliphatic heterocycles. The van der Waals surface area contributed by atoms with Crippen LogP contribution < -0.4 is 5.11 Å². The molecule has 3 nitrogen and oxygen atoms in total. The number of carboxylic acid groups (broad SMARTS) is 1. The molecular weight excluding hydrogens is 597 g/mol. The Labute approximate surface area is 278 Å². The van der Waals surface area contributed by atoms with Crippen molar-refractivity contribution in [3.8, 4) is 39.1 Å². The van der Waals surface area contributed by atoms with Crippen molar-refractivity contribution in [2.24, 2.45) is 0 Å². The molecule has 47 heavy (non-hydrogen) atoms. The van der Waals surface area contributed by atoms with E-state index in [4.69, 9.17) is 5.11 Å². The molecule has 0 amide bonds. The minimum atomic E-state index is -1.18. The van der Waals surface area contributed by atoms with Crippen LogP contribution in [0.5, 0.6) is 5.75 Å². The van der Waals surface area contributed by atoms with E-state index in [1.54, 1.807) is 0 Å². The Morgan fingerprint density at radius 2 is 0.809 bits per heavy atom. The number of para-hydroxylation sites is 1. The number of rotatable bonds is 7. The van der Waals surface area contributed by atoms with Gasteiger partial charge in [0, 0.05) is 11.1 Å².